The molecule has 0 saturated carbocycles. The van der Waals surface area contributed by atoms with E-state index in [9.17, 15) is 4.79 Å². The summed E-state index contributed by atoms with van der Waals surface area (Å²) in [5.74, 6) is 1.80. The molecule has 3 aromatic rings. The summed E-state index contributed by atoms with van der Waals surface area (Å²) in [6, 6.07) is 8.42. The molecule has 0 unspecified atom stereocenters. The van der Waals surface area contributed by atoms with Crippen LogP contribution >= 0.6 is 11.8 Å². The van der Waals surface area contributed by atoms with Crippen molar-refractivity contribution in [3.63, 3.8) is 0 Å². The third kappa shape index (κ3) is 2.71. The van der Waals surface area contributed by atoms with E-state index in [-0.39, 0.29) is 11.7 Å². The molecule has 0 saturated heterocycles. The number of Topliss-reactive ketones (excluding diaryl/α,β-unsaturated/α-hetero) is 1. The van der Waals surface area contributed by atoms with Gasteiger partial charge in [0, 0.05) is 12.6 Å². The monoisotopic (exact) mass is 338 g/mol. The molecule has 2 aromatic heterocycles. The van der Waals surface area contributed by atoms with Crippen LogP contribution in [0.3, 0.4) is 0 Å². The molecule has 0 aliphatic heterocycles. The van der Waals surface area contributed by atoms with Crippen LogP contribution in [0, 0.1) is 6.92 Å². The molecule has 0 bridgehead atoms. The summed E-state index contributed by atoms with van der Waals surface area (Å²) in [6.07, 6.45) is 3.08. The minimum Gasteiger partial charge on any atom is -0.294 e. The van der Waals surface area contributed by atoms with E-state index in [0.717, 1.165) is 17.9 Å². The van der Waals surface area contributed by atoms with E-state index in [2.05, 4.69) is 53.2 Å². The van der Waals surface area contributed by atoms with Gasteiger partial charge in [0.05, 0.1) is 11.3 Å². The van der Waals surface area contributed by atoms with Crippen LogP contribution in [-0.2, 0) is 6.42 Å². The third-order valence-corrected chi connectivity index (χ3v) is 5.11. The molecule has 4 rings (SSSR count). The summed E-state index contributed by atoms with van der Waals surface area (Å²) in [7, 11) is 0. The number of aryl methyl sites for hydroxylation is 1. The molecule has 24 heavy (non-hydrogen) atoms. The van der Waals surface area contributed by atoms with E-state index in [1.165, 1.54) is 11.1 Å². The minimum absolute atomic E-state index is 0.136. The SMILES string of the molecule is CCSc1nc2nc3c(cn2n1)C(=O)C[C@H](c1ccc(C)cc1)C3. The average molecular weight is 338 g/mol. The van der Waals surface area contributed by atoms with Gasteiger partial charge in [0.2, 0.25) is 5.16 Å². The topological polar surface area (TPSA) is 60.1 Å². The van der Waals surface area contributed by atoms with Crippen LogP contribution in [0.25, 0.3) is 5.78 Å². The summed E-state index contributed by atoms with van der Waals surface area (Å²) >= 11 is 1.58. The Hall–Kier alpha value is -2.21. The van der Waals surface area contributed by atoms with Gasteiger partial charge in [-0.05, 0) is 30.6 Å². The number of benzene rings is 1. The molecule has 0 N–H and O–H groups in total. The quantitative estimate of drug-likeness (QED) is 0.685. The first-order chi connectivity index (χ1) is 11.6. The second kappa shape index (κ2) is 6.02. The Kier molecular flexibility index (Phi) is 3.84. The number of hydrogen-bond acceptors (Lipinski definition) is 5. The normalized spacial score (nSPS) is 17.2. The lowest BCUT2D eigenvalue weighted by molar-refractivity contribution is 0.0962. The Morgan fingerprint density at radius 2 is 2.00 bits per heavy atom. The number of carbonyl (C=O) groups excluding carboxylic acids is 1. The van der Waals surface area contributed by atoms with Gasteiger partial charge in [0.1, 0.15) is 0 Å². The number of ketones is 1. The van der Waals surface area contributed by atoms with Crippen LogP contribution in [0.5, 0.6) is 0 Å². The fourth-order valence-corrected chi connectivity index (χ4v) is 3.68. The van der Waals surface area contributed by atoms with Crippen molar-refractivity contribution in [3.8, 4) is 0 Å². The van der Waals surface area contributed by atoms with Gasteiger partial charge in [-0.15, -0.1) is 5.10 Å². The van der Waals surface area contributed by atoms with E-state index in [1.807, 2.05) is 0 Å². The largest absolute Gasteiger partial charge is 0.294 e. The second-order valence-corrected chi connectivity index (χ2v) is 7.34. The Morgan fingerprint density at radius 1 is 1.21 bits per heavy atom. The molecular weight excluding hydrogens is 320 g/mol. The molecular formula is C18H18N4OS. The number of aromatic nitrogens is 4. The van der Waals surface area contributed by atoms with Crippen LogP contribution in [0.4, 0.5) is 0 Å². The summed E-state index contributed by atoms with van der Waals surface area (Å²) in [5, 5.41) is 5.09. The molecule has 1 atom stereocenters. The van der Waals surface area contributed by atoms with Crippen molar-refractivity contribution < 1.29 is 4.79 Å². The summed E-state index contributed by atoms with van der Waals surface area (Å²) in [4.78, 5) is 21.7. The highest BCUT2D eigenvalue weighted by molar-refractivity contribution is 7.99. The zero-order valence-corrected chi connectivity index (χ0v) is 14.5. The zero-order valence-electron chi connectivity index (χ0n) is 13.7. The van der Waals surface area contributed by atoms with Crippen molar-refractivity contribution in [1.29, 1.82) is 0 Å². The fraction of sp³-hybridized carbons (Fsp3) is 0.333. The van der Waals surface area contributed by atoms with E-state index >= 15 is 0 Å². The van der Waals surface area contributed by atoms with Gasteiger partial charge in [-0.25, -0.2) is 9.50 Å². The average Bonchev–Trinajstić information content (AvgIpc) is 2.95. The molecule has 1 aliphatic carbocycles. The van der Waals surface area contributed by atoms with Gasteiger partial charge in [-0.1, -0.05) is 48.5 Å². The summed E-state index contributed by atoms with van der Waals surface area (Å²) in [6.45, 7) is 4.13. The maximum absolute atomic E-state index is 12.6. The number of rotatable bonds is 3. The van der Waals surface area contributed by atoms with Gasteiger partial charge < -0.3 is 0 Å². The van der Waals surface area contributed by atoms with Gasteiger partial charge >= 0.3 is 0 Å². The molecule has 6 heteroatoms. The molecule has 0 fully saturated rings. The van der Waals surface area contributed by atoms with Gasteiger partial charge in [-0.2, -0.15) is 4.98 Å². The minimum atomic E-state index is 0.136. The van der Waals surface area contributed by atoms with Crippen LogP contribution in [0.15, 0.2) is 35.6 Å². The first-order valence-electron chi connectivity index (χ1n) is 8.13. The van der Waals surface area contributed by atoms with Crippen LogP contribution in [0.2, 0.25) is 0 Å². The van der Waals surface area contributed by atoms with Crippen molar-refractivity contribution in [3.05, 3.63) is 52.8 Å². The Balaban J connectivity index is 1.72. The maximum atomic E-state index is 12.6. The molecule has 122 valence electrons. The number of nitrogens with zero attached hydrogens (tertiary/aromatic N) is 4. The van der Waals surface area contributed by atoms with Crippen molar-refractivity contribution >= 4 is 23.3 Å². The van der Waals surface area contributed by atoms with Crippen molar-refractivity contribution in [2.24, 2.45) is 0 Å². The Labute approximate surface area is 144 Å². The zero-order chi connectivity index (χ0) is 16.7. The third-order valence-electron chi connectivity index (χ3n) is 4.39. The molecule has 1 aromatic carbocycles. The van der Waals surface area contributed by atoms with E-state index in [1.54, 1.807) is 22.5 Å². The Bertz CT molecular complexity index is 917. The second-order valence-electron chi connectivity index (χ2n) is 6.11. The van der Waals surface area contributed by atoms with Crippen LogP contribution in [-0.4, -0.2) is 31.1 Å². The van der Waals surface area contributed by atoms with Crippen LogP contribution in [0.1, 0.15) is 46.4 Å². The lowest BCUT2D eigenvalue weighted by Gasteiger charge is -2.23. The highest BCUT2D eigenvalue weighted by Crippen LogP contribution is 2.32. The summed E-state index contributed by atoms with van der Waals surface area (Å²) in [5.41, 5.74) is 3.95. The summed E-state index contributed by atoms with van der Waals surface area (Å²) < 4.78 is 1.63. The molecule has 0 amide bonds. The highest BCUT2D eigenvalue weighted by atomic mass is 32.2. The molecule has 0 radical (unpaired) electrons. The van der Waals surface area contributed by atoms with Crippen molar-refractivity contribution in [2.75, 3.05) is 5.75 Å². The number of hydrogen-bond donors (Lipinski definition) is 0. The van der Waals surface area contributed by atoms with Crippen molar-refractivity contribution in [1.82, 2.24) is 19.6 Å². The maximum Gasteiger partial charge on any atom is 0.253 e. The number of thioether (sulfide) groups is 1. The molecule has 1 aliphatic rings. The van der Waals surface area contributed by atoms with E-state index in [0.29, 0.717) is 22.9 Å². The van der Waals surface area contributed by atoms with Crippen molar-refractivity contribution in [2.45, 2.75) is 37.8 Å². The fourth-order valence-electron chi connectivity index (χ4n) is 3.13. The van der Waals surface area contributed by atoms with Gasteiger partial charge in [0.25, 0.3) is 5.78 Å². The van der Waals surface area contributed by atoms with Gasteiger partial charge in [-0.3, -0.25) is 4.79 Å². The Morgan fingerprint density at radius 3 is 2.75 bits per heavy atom. The lowest BCUT2D eigenvalue weighted by atomic mass is 9.82. The van der Waals surface area contributed by atoms with E-state index in [4.69, 9.17) is 0 Å². The molecule has 2 heterocycles. The first kappa shape index (κ1) is 15.3. The van der Waals surface area contributed by atoms with E-state index < -0.39 is 0 Å². The molecule has 0 spiro atoms. The van der Waals surface area contributed by atoms with Gasteiger partial charge in [0.15, 0.2) is 5.78 Å². The lowest BCUT2D eigenvalue weighted by Crippen LogP contribution is -2.21. The standard InChI is InChI=1S/C18H18N4OS/c1-3-24-18-20-17-19-15-8-13(12-6-4-11(2)5-7-12)9-16(23)14(15)10-22(17)21-18/h4-7,10,13H,3,8-9H2,1-2H3/t13-/m1/s1. The smallest absolute Gasteiger partial charge is 0.253 e. The molecule has 5 nitrogen and oxygen atoms in total. The first-order valence-corrected chi connectivity index (χ1v) is 9.11. The predicted octanol–water partition coefficient (Wildman–Crippen LogP) is 3.46. The highest BCUT2D eigenvalue weighted by Gasteiger charge is 2.28. The number of fused-ring (bicyclic) bond motifs is 2. The number of carbonyl (C=O) groups is 1. The predicted molar refractivity (Wildman–Crippen MR) is 93.8 cm³/mol. The van der Waals surface area contributed by atoms with Crippen LogP contribution < -0.4 is 0 Å².